The van der Waals surface area contributed by atoms with Gasteiger partial charge in [-0.3, -0.25) is 0 Å². The van der Waals surface area contributed by atoms with Gasteiger partial charge in [-0.05, 0) is 51.9 Å². The maximum Gasteiger partial charge on any atom is 0.0162 e. The SMILES string of the molecule is Cl.Cl.Cl.Cl.NCCCCCNCCSSCCNCCCCCN. The smallest absolute Gasteiger partial charge is 0.0162 e. The highest BCUT2D eigenvalue weighted by atomic mass is 35.5. The molecule has 0 amide bonds. The predicted octanol–water partition coefficient (Wildman–Crippen LogP) is 3.49. The summed E-state index contributed by atoms with van der Waals surface area (Å²) in [5.41, 5.74) is 10.9. The molecule has 0 bridgehead atoms. The van der Waals surface area contributed by atoms with E-state index in [1.807, 2.05) is 21.6 Å². The van der Waals surface area contributed by atoms with Crippen molar-refractivity contribution in [2.24, 2.45) is 11.5 Å². The number of hydrogen-bond donors (Lipinski definition) is 4. The second kappa shape index (κ2) is 35.7. The fourth-order valence-electron chi connectivity index (χ4n) is 1.74. The molecular weight excluding hydrogens is 430 g/mol. The van der Waals surface area contributed by atoms with E-state index < -0.39 is 0 Å². The van der Waals surface area contributed by atoms with Crippen molar-refractivity contribution in [2.45, 2.75) is 38.5 Å². The average Bonchev–Trinajstić information content (AvgIpc) is 2.47. The van der Waals surface area contributed by atoms with E-state index in [9.17, 15) is 0 Å². The zero-order chi connectivity index (χ0) is 14.7. The second-order valence-electron chi connectivity index (χ2n) is 4.84. The van der Waals surface area contributed by atoms with Crippen LogP contribution in [-0.2, 0) is 0 Å². The molecule has 10 heteroatoms. The van der Waals surface area contributed by atoms with Gasteiger partial charge in [-0.15, -0.1) is 49.6 Å². The summed E-state index contributed by atoms with van der Waals surface area (Å²) in [6.07, 6.45) is 7.33. The molecule has 0 heterocycles. The van der Waals surface area contributed by atoms with Gasteiger partial charge in [0, 0.05) is 24.6 Å². The van der Waals surface area contributed by atoms with Gasteiger partial charge in [0.1, 0.15) is 0 Å². The lowest BCUT2D eigenvalue weighted by Crippen LogP contribution is -2.19. The minimum Gasteiger partial charge on any atom is -0.330 e. The van der Waals surface area contributed by atoms with Crippen LogP contribution in [0.25, 0.3) is 0 Å². The molecule has 0 rings (SSSR count). The van der Waals surface area contributed by atoms with Gasteiger partial charge in [-0.1, -0.05) is 34.4 Å². The van der Waals surface area contributed by atoms with E-state index in [0.717, 1.165) is 52.1 Å². The summed E-state index contributed by atoms with van der Waals surface area (Å²) < 4.78 is 0. The summed E-state index contributed by atoms with van der Waals surface area (Å²) >= 11 is 0. The fraction of sp³-hybridized carbons (Fsp3) is 1.00. The lowest BCUT2D eigenvalue weighted by molar-refractivity contribution is 0.623. The van der Waals surface area contributed by atoms with Crippen molar-refractivity contribution < 1.29 is 0 Å². The van der Waals surface area contributed by atoms with Gasteiger partial charge in [0.15, 0.2) is 0 Å². The van der Waals surface area contributed by atoms with Gasteiger partial charge in [-0.25, -0.2) is 0 Å². The van der Waals surface area contributed by atoms with Crippen LogP contribution in [0.4, 0.5) is 0 Å². The van der Waals surface area contributed by atoms with Crippen molar-refractivity contribution in [1.82, 2.24) is 10.6 Å². The maximum atomic E-state index is 5.45. The average molecular weight is 468 g/mol. The van der Waals surface area contributed by atoms with E-state index in [-0.39, 0.29) is 49.6 Å². The van der Waals surface area contributed by atoms with Gasteiger partial charge in [0.25, 0.3) is 0 Å². The highest BCUT2D eigenvalue weighted by Crippen LogP contribution is 2.19. The fourth-order valence-corrected chi connectivity index (χ4v) is 3.64. The first kappa shape index (κ1) is 36.6. The van der Waals surface area contributed by atoms with Crippen LogP contribution in [0, 0.1) is 0 Å². The van der Waals surface area contributed by atoms with Crippen LogP contribution < -0.4 is 22.1 Å². The largest absolute Gasteiger partial charge is 0.330 e. The molecule has 0 aliphatic rings. The Hall–Kier alpha value is 1.70. The summed E-state index contributed by atoms with van der Waals surface area (Å²) in [5, 5.41) is 6.95. The van der Waals surface area contributed by atoms with Crippen LogP contribution in [0.1, 0.15) is 38.5 Å². The van der Waals surface area contributed by atoms with Crippen LogP contribution in [0.2, 0.25) is 0 Å². The molecular formula is C14H38Cl4N4S2. The molecule has 0 aromatic carbocycles. The summed E-state index contributed by atoms with van der Waals surface area (Å²) in [5.74, 6) is 2.39. The highest BCUT2D eigenvalue weighted by Gasteiger charge is 1.93. The summed E-state index contributed by atoms with van der Waals surface area (Å²) in [4.78, 5) is 0. The Kier molecular flexibility index (Phi) is 54.5. The molecule has 24 heavy (non-hydrogen) atoms. The Morgan fingerprint density at radius 3 is 1.21 bits per heavy atom. The Morgan fingerprint density at radius 2 is 0.875 bits per heavy atom. The zero-order valence-electron chi connectivity index (χ0n) is 14.5. The van der Waals surface area contributed by atoms with Crippen molar-refractivity contribution >= 4 is 71.2 Å². The number of nitrogens with one attached hydrogen (secondary N) is 2. The lowest BCUT2D eigenvalue weighted by Gasteiger charge is -2.05. The zero-order valence-corrected chi connectivity index (χ0v) is 19.4. The van der Waals surface area contributed by atoms with Crippen LogP contribution in [0.5, 0.6) is 0 Å². The highest BCUT2D eigenvalue weighted by molar-refractivity contribution is 8.76. The molecule has 0 unspecified atom stereocenters. The standard InChI is InChI=1S/C14H34N4S2.4ClH/c15-7-3-1-5-9-17-11-13-19-20-14-12-18-10-6-2-4-8-16;;;;/h17-18H,1-16H2;4*1H. The van der Waals surface area contributed by atoms with E-state index >= 15 is 0 Å². The van der Waals surface area contributed by atoms with Gasteiger partial charge in [-0.2, -0.15) is 0 Å². The lowest BCUT2D eigenvalue weighted by atomic mass is 10.2. The molecule has 0 saturated heterocycles. The van der Waals surface area contributed by atoms with Crippen molar-refractivity contribution in [3.05, 3.63) is 0 Å². The predicted molar refractivity (Wildman–Crippen MR) is 125 cm³/mol. The molecule has 154 valence electrons. The van der Waals surface area contributed by atoms with E-state index in [1.165, 1.54) is 37.2 Å². The first-order valence-corrected chi connectivity index (χ1v) is 10.5. The summed E-state index contributed by atoms with van der Waals surface area (Å²) in [6, 6.07) is 0. The summed E-state index contributed by atoms with van der Waals surface area (Å²) in [6.45, 7) is 6.16. The maximum absolute atomic E-state index is 5.45. The Bertz CT molecular complexity index is 171. The van der Waals surface area contributed by atoms with Crippen LogP contribution in [0.15, 0.2) is 0 Å². The van der Waals surface area contributed by atoms with Crippen molar-refractivity contribution in [2.75, 3.05) is 50.8 Å². The number of rotatable bonds is 17. The Balaban J connectivity index is -0.000000301. The van der Waals surface area contributed by atoms with Gasteiger partial charge >= 0.3 is 0 Å². The molecule has 0 aliphatic carbocycles. The number of hydrogen-bond acceptors (Lipinski definition) is 6. The van der Waals surface area contributed by atoms with Crippen molar-refractivity contribution in [1.29, 1.82) is 0 Å². The van der Waals surface area contributed by atoms with E-state index in [4.69, 9.17) is 11.5 Å². The molecule has 4 nitrogen and oxygen atoms in total. The van der Waals surface area contributed by atoms with Crippen molar-refractivity contribution in [3.63, 3.8) is 0 Å². The summed E-state index contributed by atoms with van der Waals surface area (Å²) in [7, 11) is 3.94. The minimum atomic E-state index is 0. The third-order valence-electron chi connectivity index (χ3n) is 2.92. The van der Waals surface area contributed by atoms with E-state index in [1.54, 1.807) is 0 Å². The third-order valence-corrected chi connectivity index (χ3v) is 5.33. The molecule has 0 atom stereocenters. The molecule has 0 aliphatic heterocycles. The topological polar surface area (TPSA) is 76.1 Å². The molecule has 0 fully saturated rings. The van der Waals surface area contributed by atoms with Crippen LogP contribution in [-0.4, -0.2) is 50.8 Å². The van der Waals surface area contributed by atoms with Crippen LogP contribution in [0.3, 0.4) is 0 Å². The second-order valence-corrected chi connectivity index (χ2v) is 7.54. The van der Waals surface area contributed by atoms with E-state index in [0.29, 0.717) is 0 Å². The number of halogens is 4. The quantitative estimate of drug-likeness (QED) is 0.194. The third kappa shape index (κ3) is 34.9. The van der Waals surface area contributed by atoms with Gasteiger partial charge in [0.2, 0.25) is 0 Å². The molecule has 6 N–H and O–H groups in total. The molecule has 0 aromatic heterocycles. The normalized spacial score (nSPS) is 9.25. The first-order chi connectivity index (χ1) is 9.91. The number of nitrogens with two attached hydrogens (primary N) is 2. The molecule has 0 radical (unpaired) electrons. The Labute approximate surface area is 182 Å². The first-order valence-electron chi connectivity index (χ1n) is 7.97. The molecule has 0 spiro atoms. The van der Waals surface area contributed by atoms with Crippen LogP contribution >= 0.6 is 71.2 Å². The van der Waals surface area contributed by atoms with Gasteiger partial charge in [0.05, 0.1) is 0 Å². The Morgan fingerprint density at radius 1 is 0.500 bits per heavy atom. The van der Waals surface area contributed by atoms with Crippen molar-refractivity contribution in [3.8, 4) is 0 Å². The molecule has 0 aromatic rings. The van der Waals surface area contributed by atoms with Gasteiger partial charge < -0.3 is 22.1 Å². The number of unbranched alkanes of at least 4 members (excludes halogenated alkanes) is 4. The molecule has 0 saturated carbocycles. The minimum absolute atomic E-state index is 0. The van der Waals surface area contributed by atoms with E-state index in [2.05, 4.69) is 10.6 Å². The monoisotopic (exact) mass is 466 g/mol.